The molecule has 15 heavy (non-hydrogen) atoms. The number of hydrogen-bond donors (Lipinski definition) is 1. The van der Waals surface area contributed by atoms with Gasteiger partial charge in [0.05, 0.1) is 0 Å². The van der Waals surface area contributed by atoms with Gasteiger partial charge >= 0.3 is 0 Å². The smallest absolute Gasteiger partial charge is 0.0392 e. The van der Waals surface area contributed by atoms with Crippen molar-refractivity contribution in [1.29, 1.82) is 0 Å². The molecule has 1 unspecified atom stereocenters. The summed E-state index contributed by atoms with van der Waals surface area (Å²) in [6.07, 6.45) is 2.09. The first-order chi connectivity index (χ1) is 7.33. The summed E-state index contributed by atoms with van der Waals surface area (Å²) in [5.41, 5.74) is 7.40. The topological polar surface area (TPSA) is 26.0 Å². The second-order valence-electron chi connectivity index (χ2n) is 3.63. The van der Waals surface area contributed by atoms with Crippen molar-refractivity contribution < 1.29 is 0 Å². The molecule has 78 valence electrons. The Morgan fingerprint density at radius 3 is 2.67 bits per heavy atom. The van der Waals surface area contributed by atoms with Gasteiger partial charge in [0.2, 0.25) is 0 Å². The van der Waals surface area contributed by atoms with Gasteiger partial charge in [-0.1, -0.05) is 42.5 Å². The molecular weight excluding hydrogens is 202 g/mol. The van der Waals surface area contributed by atoms with Gasteiger partial charge in [0.25, 0.3) is 0 Å². The number of thioether (sulfide) groups is 1. The molecule has 0 saturated heterocycles. The lowest BCUT2D eigenvalue weighted by molar-refractivity contribution is 0.841. The lowest BCUT2D eigenvalue weighted by Gasteiger charge is -2.13. The summed E-state index contributed by atoms with van der Waals surface area (Å²) in [7, 11) is 0. The summed E-state index contributed by atoms with van der Waals surface area (Å²) in [6.45, 7) is 0. The van der Waals surface area contributed by atoms with Crippen molar-refractivity contribution in [3.63, 3.8) is 0 Å². The predicted molar refractivity (Wildman–Crippen MR) is 69.3 cm³/mol. The summed E-state index contributed by atoms with van der Waals surface area (Å²) in [5.74, 6) is 0.966. The van der Waals surface area contributed by atoms with Crippen molar-refractivity contribution in [2.24, 2.45) is 5.73 Å². The van der Waals surface area contributed by atoms with Crippen LogP contribution in [0.1, 0.15) is 11.6 Å². The van der Waals surface area contributed by atoms with E-state index in [2.05, 4.69) is 48.7 Å². The fourth-order valence-corrected chi connectivity index (χ4v) is 2.38. The van der Waals surface area contributed by atoms with Gasteiger partial charge in [-0.25, -0.2) is 0 Å². The summed E-state index contributed by atoms with van der Waals surface area (Å²) in [5, 5.41) is 2.55. The molecular formula is C13H15NS. The highest BCUT2D eigenvalue weighted by molar-refractivity contribution is 7.98. The molecule has 0 heterocycles. The standard InChI is InChI=1S/C13H15NS/c1-15-9-13(14)12-8-4-6-10-5-2-3-7-11(10)12/h2-8,13H,9,14H2,1H3. The van der Waals surface area contributed by atoms with Crippen LogP contribution in [0, 0.1) is 0 Å². The van der Waals surface area contributed by atoms with Gasteiger partial charge in [-0.05, 0) is 22.6 Å². The molecule has 2 N–H and O–H groups in total. The van der Waals surface area contributed by atoms with Crippen LogP contribution < -0.4 is 5.73 Å². The Hall–Kier alpha value is -0.990. The molecule has 0 radical (unpaired) electrons. The third-order valence-electron chi connectivity index (χ3n) is 2.57. The van der Waals surface area contributed by atoms with Gasteiger partial charge in [0.1, 0.15) is 0 Å². The average Bonchev–Trinajstić information content (AvgIpc) is 2.28. The van der Waals surface area contributed by atoms with Crippen LogP contribution in [0.5, 0.6) is 0 Å². The first-order valence-electron chi connectivity index (χ1n) is 5.05. The molecule has 1 nitrogen and oxygen atoms in total. The largest absolute Gasteiger partial charge is 0.323 e. The molecule has 0 aliphatic carbocycles. The Morgan fingerprint density at radius 2 is 1.87 bits per heavy atom. The molecule has 0 bridgehead atoms. The number of benzene rings is 2. The molecule has 0 spiro atoms. The van der Waals surface area contributed by atoms with E-state index in [9.17, 15) is 0 Å². The highest BCUT2D eigenvalue weighted by Gasteiger charge is 2.08. The van der Waals surface area contributed by atoms with Crippen LogP contribution in [0.15, 0.2) is 42.5 Å². The van der Waals surface area contributed by atoms with E-state index in [-0.39, 0.29) is 6.04 Å². The highest BCUT2D eigenvalue weighted by atomic mass is 32.2. The molecule has 0 fully saturated rings. The van der Waals surface area contributed by atoms with Crippen LogP contribution in [0.3, 0.4) is 0 Å². The lowest BCUT2D eigenvalue weighted by atomic mass is 10.0. The number of nitrogens with two attached hydrogens (primary N) is 1. The lowest BCUT2D eigenvalue weighted by Crippen LogP contribution is -2.13. The molecule has 2 aromatic rings. The van der Waals surface area contributed by atoms with E-state index in [1.165, 1.54) is 16.3 Å². The maximum absolute atomic E-state index is 6.15. The van der Waals surface area contributed by atoms with Crippen molar-refractivity contribution in [3.8, 4) is 0 Å². The Kier molecular flexibility index (Phi) is 3.29. The second-order valence-corrected chi connectivity index (χ2v) is 4.54. The van der Waals surface area contributed by atoms with Gasteiger partial charge < -0.3 is 5.73 Å². The van der Waals surface area contributed by atoms with Crippen LogP contribution in [-0.2, 0) is 0 Å². The zero-order valence-electron chi connectivity index (χ0n) is 8.81. The van der Waals surface area contributed by atoms with E-state index in [4.69, 9.17) is 5.73 Å². The fraction of sp³-hybridized carbons (Fsp3) is 0.231. The van der Waals surface area contributed by atoms with E-state index in [1.54, 1.807) is 11.8 Å². The van der Waals surface area contributed by atoms with Crippen LogP contribution in [0.2, 0.25) is 0 Å². The van der Waals surface area contributed by atoms with E-state index in [0.29, 0.717) is 0 Å². The van der Waals surface area contributed by atoms with E-state index in [0.717, 1.165) is 5.75 Å². The van der Waals surface area contributed by atoms with E-state index in [1.807, 2.05) is 0 Å². The third-order valence-corrected chi connectivity index (χ3v) is 3.26. The first kappa shape index (κ1) is 10.5. The van der Waals surface area contributed by atoms with Gasteiger partial charge in [-0.15, -0.1) is 0 Å². The van der Waals surface area contributed by atoms with Gasteiger partial charge in [0.15, 0.2) is 0 Å². The molecule has 0 aromatic heterocycles. The van der Waals surface area contributed by atoms with Crippen molar-refractivity contribution in [1.82, 2.24) is 0 Å². The van der Waals surface area contributed by atoms with Crippen molar-refractivity contribution in [2.45, 2.75) is 6.04 Å². The zero-order chi connectivity index (χ0) is 10.7. The average molecular weight is 217 g/mol. The number of fused-ring (bicyclic) bond motifs is 1. The quantitative estimate of drug-likeness (QED) is 0.854. The van der Waals surface area contributed by atoms with Crippen LogP contribution in [0.25, 0.3) is 10.8 Å². The number of hydrogen-bond acceptors (Lipinski definition) is 2. The summed E-state index contributed by atoms with van der Waals surface area (Å²) in [4.78, 5) is 0. The monoisotopic (exact) mass is 217 g/mol. The van der Waals surface area contributed by atoms with Crippen molar-refractivity contribution in [2.75, 3.05) is 12.0 Å². The SMILES string of the molecule is CSCC(N)c1cccc2ccccc12. The van der Waals surface area contributed by atoms with E-state index < -0.39 is 0 Å². The predicted octanol–water partition coefficient (Wildman–Crippen LogP) is 3.20. The maximum atomic E-state index is 6.15. The molecule has 2 heteroatoms. The third kappa shape index (κ3) is 2.16. The summed E-state index contributed by atoms with van der Waals surface area (Å²) < 4.78 is 0. The maximum Gasteiger partial charge on any atom is 0.0392 e. The van der Waals surface area contributed by atoms with Gasteiger partial charge in [-0.3, -0.25) is 0 Å². The second kappa shape index (κ2) is 4.69. The Bertz CT molecular complexity index is 448. The minimum absolute atomic E-state index is 0.131. The van der Waals surface area contributed by atoms with Gasteiger partial charge in [-0.2, -0.15) is 11.8 Å². The molecule has 0 aliphatic heterocycles. The summed E-state index contributed by atoms with van der Waals surface area (Å²) >= 11 is 1.79. The molecule has 2 aromatic carbocycles. The Labute approximate surface area is 94.7 Å². The minimum atomic E-state index is 0.131. The van der Waals surface area contributed by atoms with Crippen LogP contribution in [0.4, 0.5) is 0 Å². The normalized spacial score (nSPS) is 12.9. The minimum Gasteiger partial charge on any atom is -0.323 e. The first-order valence-corrected chi connectivity index (χ1v) is 6.44. The zero-order valence-corrected chi connectivity index (χ0v) is 9.63. The Balaban J connectivity index is 2.50. The molecule has 2 rings (SSSR count). The van der Waals surface area contributed by atoms with Gasteiger partial charge in [0, 0.05) is 11.8 Å². The van der Waals surface area contributed by atoms with E-state index >= 15 is 0 Å². The van der Waals surface area contributed by atoms with Crippen molar-refractivity contribution in [3.05, 3.63) is 48.0 Å². The molecule has 0 aliphatic rings. The molecule has 0 saturated carbocycles. The molecule has 0 amide bonds. The molecule has 1 atom stereocenters. The summed E-state index contributed by atoms with van der Waals surface area (Å²) in [6, 6.07) is 14.9. The number of rotatable bonds is 3. The van der Waals surface area contributed by atoms with Crippen molar-refractivity contribution >= 4 is 22.5 Å². The highest BCUT2D eigenvalue weighted by Crippen LogP contribution is 2.24. The Morgan fingerprint density at radius 1 is 1.13 bits per heavy atom. The van der Waals surface area contributed by atoms with Crippen LogP contribution >= 0.6 is 11.8 Å². The van der Waals surface area contributed by atoms with Crippen LogP contribution in [-0.4, -0.2) is 12.0 Å². The fourth-order valence-electron chi connectivity index (χ4n) is 1.84.